The summed E-state index contributed by atoms with van der Waals surface area (Å²) < 4.78 is 0. The highest BCUT2D eigenvalue weighted by Crippen LogP contribution is 2.25. The predicted molar refractivity (Wildman–Crippen MR) is 76.8 cm³/mol. The number of pyridine rings is 1. The van der Waals surface area contributed by atoms with E-state index in [-0.39, 0.29) is 0 Å². The van der Waals surface area contributed by atoms with E-state index in [1.807, 2.05) is 25.4 Å². The average molecular weight is 261 g/mol. The normalized spacial score (nSPS) is 10.6. The summed E-state index contributed by atoms with van der Waals surface area (Å²) >= 11 is 6.29. The van der Waals surface area contributed by atoms with Gasteiger partial charge in [0, 0.05) is 29.5 Å². The Bertz CT molecular complexity index is 538. The molecular weight excluding hydrogens is 244 g/mol. The van der Waals surface area contributed by atoms with Gasteiger partial charge in [0.25, 0.3) is 0 Å². The Balaban J connectivity index is 2.28. The molecule has 1 aromatic heterocycles. The second kappa shape index (κ2) is 5.98. The van der Waals surface area contributed by atoms with Crippen LogP contribution in [0.5, 0.6) is 0 Å². The van der Waals surface area contributed by atoms with E-state index in [9.17, 15) is 0 Å². The minimum absolute atomic E-state index is 0.801. The second-order valence-electron chi connectivity index (χ2n) is 4.34. The summed E-state index contributed by atoms with van der Waals surface area (Å²) in [6, 6.07) is 8.28. The molecule has 0 saturated heterocycles. The molecule has 0 fully saturated rings. The lowest BCUT2D eigenvalue weighted by Crippen LogP contribution is -2.11. The van der Waals surface area contributed by atoms with Crippen molar-refractivity contribution < 1.29 is 0 Å². The van der Waals surface area contributed by atoms with Gasteiger partial charge in [0.2, 0.25) is 0 Å². The van der Waals surface area contributed by atoms with Crippen molar-refractivity contribution in [2.45, 2.75) is 20.4 Å². The molecule has 3 heteroatoms. The molecule has 0 aliphatic rings. The summed E-state index contributed by atoms with van der Waals surface area (Å²) in [5.41, 5.74) is 4.49. The highest BCUT2D eigenvalue weighted by atomic mass is 35.5. The van der Waals surface area contributed by atoms with Gasteiger partial charge in [-0.1, -0.05) is 30.7 Å². The molecule has 0 amide bonds. The molecule has 0 saturated carbocycles. The maximum atomic E-state index is 6.29. The molecule has 2 nitrogen and oxygen atoms in total. The van der Waals surface area contributed by atoms with Gasteiger partial charge >= 0.3 is 0 Å². The van der Waals surface area contributed by atoms with Crippen LogP contribution in [0.1, 0.15) is 18.1 Å². The molecule has 0 unspecified atom stereocenters. The molecule has 0 aliphatic heterocycles. The Morgan fingerprint density at radius 1 is 1.17 bits per heavy atom. The van der Waals surface area contributed by atoms with Crippen LogP contribution < -0.4 is 5.32 Å². The molecule has 1 aromatic carbocycles. The summed E-state index contributed by atoms with van der Waals surface area (Å²) in [5, 5.41) is 4.08. The molecule has 1 heterocycles. The third-order valence-corrected chi connectivity index (χ3v) is 3.18. The standard InChI is InChI=1S/C15H17ClN2/c1-3-17-9-13-5-4-12(7-15(13)16)14-6-11(2)8-18-10-14/h4-8,10,17H,3,9H2,1-2H3. The SMILES string of the molecule is CCNCc1ccc(-c2cncc(C)c2)cc1Cl. The van der Waals surface area contributed by atoms with Crippen molar-refractivity contribution in [3.63, 3.8) is 0 Å². The zero-order valence-electron chi connectivity index (χ0n) is 10.7. The van der Waals surface area contributed by atoms with Gasteiger partial charge in [-0.3, -0.25) is 4.98 Å². The monoisotopic (exact) mass is 260 g/mol. The van der Waals surface area contributed by atoms with Gasteiger partial charge in [0.1, 0.15) is 0 Å². The van der Waals surface area contributed by atoms with Crippen LogP contribution >= 0.6 is 11.6 Å². The smallest absolute Gasteiger partial charge is 0.0457 e. The van der Waals surface area contributed by atoms with Gasteiger partial charge in [0.05, 0.1) is 0 Å². The van der Waals surface area contributed by atoms with E-state index in [0.29, 0.717) is 0 Å². The molecular formula is C15H17ClN2. The highest BCUT2D eigenvalue weighted by Gasteiger charge is 2.04. The summed E-state index contributed by atoms with van der Waals surface area (Å²) in [7, 11) is 0. The van der Waals surface area contributed by atoms with Crippen LogP contribution in [0.2, 0.25) is 5.02 Å². The van der Waals surface area contributed by atoms with Crippen molar-refractivity contribution in [2.75, 3.05) is 6.54 Å². The first-order valence-electron chi connectivity index (χ1n) is 6.12. The number of hydrogen-bond acceptors (Lipinski definition) is 2. The first kappa shape index (κ1) is 13.1. The predicted octanol–water partition coefficient (Wildman–Crippen LogP) is 3.82. The lowest BCUT2D eigenvalue weighted by atomic mass is 10.0. The number of aromatic nitrogens is 1. The van der Waals surface area contributed by atoms with Gasteiger partial charge in [0.15, 0.2) is 0 Å². The maximum Gasteiger partial charge on any atom is 0.0457 e. The summed E-state index contributed by atoms with van der Waals surface area (Å²) in [5.74, 6) is 0. The van der Waals surface area contributed by atoms with Crippen LogP contribution in [-0.2, 0) is 6.54 Å². The Morgan fingerprint density at radius 3 is 2.67 bits per heavy atom. The quantitative estimate of drug-likeness (QED) is 0.904. The fraction of sp³-hybridized carbons (Fsp3) is 0.267. The first-order valence-corrected chi connectivity index (χ1v) is 6.49. The van der Waals surface area contributed by atoms with Crippen LogP contribution in [-0.4, -0.2) is 11.5 Å². The molecule has 0 atom stereocenters. The second-order valence-corrected chi connectivity index (χ2v) is 4.74. The maximum absolute atomic E-state index is 6.29. The Kier molecular flexibility index (Phi) is 4.34. The third-order valence-electron chi connectivity index (χ3n) is 2.83. The molecule has 1 N–H and O–H groups in total. The number of nitrogens with one attached hydrogen (secondary N) is 1. The Labute approximate surface area is 113 Å². The van der Waals surface area contributed by atoms with Gasteiger partial charge in [-0.05, 0) is 42.3 Å². The number of nitrogens with zero attached hydrogens (tertiary/aromatic N) is 1. The topological polar surface area (TPSA) is 24.9 Å². The number of benzene rings is 1. The number of aryl methyl sites for hydroxylation is 1. The minimum atomic E-state index is 0.801. The van der Waals surface area contributed by atoms with Crippen molar-refractivity contribution in [2.24, 2.45) is 0 Å². The summed E-state index contributed by atoms with van der Waals surface area (Å²) in [6.45, 7) is 5.87. The first-order chi connectivity index (χ1) is 8.70. The molecule has 18 heavy (non-hydrogen) atoms. The van der Waals surface area contributed by atoms with E-state index in [2.05, 4.69) is 35.4 Å². The fourth-order valence-electron chi connectivity index (χ4n) is 1.84. The lowest BCUT2D eigenvalue weighted by Gasteiger charge is -2.08. The van der Waals surface area contributed by atoms with E-state index in [0.717, 1.165) is 40.4 Å². The van der Waals surface area contributed by atoms with Crippen molar-refractivity contribution >= 4 is 11.6 Å². The van der Waals surface area contributed by atoms with Gasteiger partial charge < -0.3 is 5.32 Å². The molecule has 0 bridgehead atoms. The summed E-state index contributed by atoms with van der Waals surface area (Å²) in [4.78, 5) is 4.21. The minimum Gasteiger partial charge on any atom is -0.313 e. The highest BCUT2D eigenvalue weighted by molar-refractivity contribution is 6.31. The average Bonchev–Trinajstić information content (AvgIpc) is 2.37. The zero-order chi connectivity index (χ0) is 13.0. The van der Waals surface area contributed by atoms with E-state index in [4.69, 9.17) is 11.6 Å². The van der Waals surface area contributed by atoms with Gasteiger partial charge in [-0.2, -0.15) is 0 Å². The van der Waals surface area contributed by atoms with E-state index in [1.54, 1.807) is 0 Å². The van der Waals surface area contributed by atoms with E-state index >= 15 is 0 Å². The van der Waals surface area contributed by atoms with Crippen molar-refractivity contribution in [1.82, 2.24) is 10.3 Å². The van der Waals surface area contributed by atoms with Crippen molar-refractivity contribution in [3.8, 4) is 11.1 Å². The molecule has 0 aliphatic carbocycles. The van der Waals surface area contributed by atoms with Crippen LogP contribution in [0.15, 0.2) is 36.7 Å². The van der Waals surface area contributed by atoms with Gasteiger partial charge in [-0.25, -0.2) is 0 Å². The van der Waals surface area contributed by atoms with E-state index in [1.165, 1.54) is 0 Å². The van der Waals surface area contributed by atoms with Crippen LogP contribution in [0.25, 0.3) is 11.1 Å². The zero-order valence-corrected chi connectivity index (χ0v) is 11.5. The molecule has 0 radical (unpaired) electrons. The van der Waals surface area contributed by atoms with Crippen LogP contribution in [0, 0.1) is 6.92 Å². The molecule has 2 aromatic rings. The summed E-state index contributed by atoms with van der Waals surface area (Å²) in [6.07, 6.45) is 3.72. The van der Waals surface area contributed by atoms with Gasteiger partial charge in [-0.15, -0.1) is 0 Å². The largest absolute Gasteiger partial charge is 0.313 e. The molecule has 2 rings (SSSR count). The van der Waals surface area contributed by atoms with E-state index < -0.39 is 0 Å². The van der Waals surface area contributed by atoms with Crippen molar-refractivity contribution in [1.29, 1.82) is 0 Å². The fourth-order valence-corrected chi connectivity index (χ4v) is 2.09. The third kappa shape index (κ3) is 3.09. The number of rotatable bonds is 4. The number of hydrogen-bond donors (Lipinski definition) is 1. The molecule has 0 spiro atoms. The lowest BCUT2D eigenvalue weighted by molar-refractivity contribution is 0.727. The molecule has 94 valence electrons. The van der Waals surface area contributed by atoms with Crippen LogP contribution in [0.3, 0.4) is 0 Å². The van der Waals surface area contributed by atoms with Crippen molar-refractivity contribution in [3.05, 3.63) is 52.8 Å². The van der Waals surface area contributed by atoms with Crippen LogP contribution in [0.4, 0.5) is 0 Å². The Morgan fingerprint density at radius 2 is 2.00 bits per heavy atom. The number of halogens is 1. The Hall–Kier alpha value is -1.38.